The molecule has 0 saturated heterocycles. The topological polar surface area (TPSA) is 29.5 Å². The lowest BCUT2D eigenvalue weighted by Gasteiger charge is -2.16. The van der Waals surface area contributed by atoms with E-state index in [2.05, 4.69) is 20.7 Å². The van der Waals surface area contributed by atoms with Crippen LogP contribution in [0.25, 0.3) is 0 Å². The second kappa shape index (κ2) is 7.00. The Balaban J connectivity index is 2.01. The first-order valence-corrected chi connectivity index (χ1v) is 7.66. The van der Waals surface area contributed by atoms with E-state index in [4.69, 9.17) is 0 Å². The molecule has 0 aliphatic carbocycles. The van der Waals surface area contributed by atoms with Gasteiger partial charge < -0.3 is 9.64 Å². The maximum absolute atomic E-state index is 12.2. The van der Waals surface area contributed by atoms with Gasteiger partial charge in [-0.25, -0.2) is 0 Å². The van der Waals surface area contributed by atoms with Crippen LogP contribution in [-0.4, -0.2) is 24.5 Å². The minimum absolute atomic E-state index is 0.0337. The van der Waals surface area contributed by atoms with Crippen molar-refractivity contribution in [2.75, 3.05) is 7.05 Å². The number of carbonyl (C=O) groups is 1. The fourth-order valence-electron chi connectivity index (χ4n) is 1.74. The molecule has 1 aromatic heterocycles. The number of nitrogens with zero attached hydrogens (tertiary/aromatic N) is 1. The second-order valence-electron chi connectivity index (χ2n) is 4.30. The first-order valence-electron chi connectivity index (χ1n) is 5.99. The molecule has 0 N–H and O–H groups in total. The lowest BCUT2D eigenvalue weighted by molar-refractivity contribution is -0.0498. The maximum atomic E-state index is 12.2. The van der Waals surface area contributed by atoms with Crippen molar-refractivity contribution in [3.63, 3.8) is 0 Å². The summed E-state index contributed by atoms with van der Waals surface area (Å²) in [5.41, 5.74) is 0.426. The van der Waals surface area contributed by atoms with Gasteiger partial charge in [-0.05, 0) is 46.3 Å². The Hall–Kier alpha value is -1.47. The van der Waals surface area contributed by atoms with Crippen molar-refractivity contribution in [1.82, 2.24) is 4.90 Å². The number of hydrogen-bond acceptors (Lipinski definition) is 3. The van der Waals surface area contributed by atoms with E-state index in [0.29, 0.717) is 12.1 Å². The number of benzene rings is 1. The van der Waals surface area contributed by atoms with Crippen molar-refractivity contribution in [3.05, 3.63) is 50.6 Å². The van der Waals surface area contributed by atoms with Crippen molar-refractivity contribution < 1.29 is 18.3 Å². The third-order valence-electron chi connectivity index (χ3n) is 2.69. The average molecular weight is 376 g/mol. The molecule has 0 atom stereocenters. The zero-order valence-electron chi connectivity index (χ0n) is 11.1. The summed E-state index contributed by atoms with van der Waals surface area (Å²) in [6.45, 7) is -2.38. The van der Waals surface area contributed by atoms with Gasteiger partial charge in [0.15, 0.2) is 0 Å². The van der Waals surface area contributed by atoms with E-state index >= 15 is 0 Å². The average Bonchev–Trinajstić information content (AvgIpc) is 2.83. The predicted molar refractivity (Wildman–Crippen MR) is 80.9 cm³/mol. The van der Waals surface area contributed by atoms with Gasteiger partial charge in [0.05, 0.1) is 6.54 Å². The molecule has 1 amide bonds. The van der Waals surface area contributed by atoms with E-state index in [1.807, 2.05) is 11.4 Å². The molecule has 112 valence electrons. The van der Waals surface area contributed by atoms with Crippen LogP contribution >= 0.6 is 27.3 Å². The van der Waals surface area contributed by atoms with E-state index in [9.17, 15) is 13.6 Å². The van der Waals surface area contributed by atoms with Gasteiger partial charge in [0.25, 0.3) is 5.91 Å². The first-order chi connectivity index (χ1) is 9.95. The van der Waals surface area contributed by atoms with Crippen molar-refractivity contribution in [3.8, 4) is 5.75 Å². The molecule has 0 unspecified atom stereocenters. The maximum Gasteiger partial charge on any atom is 0.387 e. The highest BCUT2D eigenvalue weighted by Gasteiger charge is 2.13. The molecule has 2 aromatic rings. The van der Waals surface area contributed by atoms with Crippen LogP contribution in [0, 0.1) is 0 Å². The lowest BCUT2D eigenvalue weighted by atomic mass is 10.2. The highest BCUT2D eigenvalue weighted by molar-refractivity contribution is 9.10. The molecule has 1 heterocycles. The Morgan fingerprint density at radius 3 is 2.57 bits per heavy atom. The largest absolute Gasteiger partial charge is 0.435 e. The molecule has 2 rings (SSSR count). The van der Waals surface area contributed by atoms with Gasteiger partial charge >= 0.3 is 6.61 Å². The molecule has 7 heteroatoms. The smallest absolute Gasteiger partial charge is 0.387 e. The number of rotatable bonds is 5. The molecule has 0 bridgehead atoms. The van der Waals surface area contributed by atoms with Gasteiger partial charge in [0, 0.05) is 27.3 Å². The number of ether oxygens (including phenoxy) is 1. The Kier molecular flexibility index (Phi) is 5.30. The number of amides is 1. The zero-order valence-corrected chi connectivity index (χ0v) is 13.5. The number of hydrogen-bond donors (Lipinski definition) is 0. The Labute approximate surface area is 133 Å². The molecule has 21 heavy (non-hydrogen) atoms. The van der Waals surface area contributed by atoms with Crippen LogP contribution in [0.1, 0.15) is 15.2 Å². The normalized spacial score (nSPS) is 10.7. The Morgan fingerprint density at radius 2 is 2.05 bits per heavy atom. The summed E-state index contributed by atoms with van der Waals surface area (Å²) >= 11 is 4.92. The number of alkyl halides is 2. The van der Waals surface area contributed by atoms with Gasteiger partial charge in [-0.3, -0.25) is 4.79 Å². The van der Waals surface area contributed by atoms with Gasteiger partial charge in [0.2, 0.25) is 0 Å². The summed E-state index contributed by atoms with van der Waals surface area (Å²) in [5, 5.41) is 1.95. The van der Waals surface area contributed by atoms with Crippen LogP contribution in [0.4, 0.5) is 8.78 Å². The molecule has 1 aromatic carbocycles. The van der Waals surface area contributed by atoms with Crippen molar-refractivity contribution >= 4 is 33.2 Å². The van der Waals surface area contributed by atoms with E-state index in [0.717, 1.165) is 9.35 Å². The molecule has 0 saturated carbocycles. The summed E-state index contributed by atoms with van der Waals surface area (Å²) in [5.74, 6) is -0.144. The number of halogens is 3. The third-order valence-corrected chi connectivity index (χ3v) is 4.37. The lowest BCUT2D eigenvalue weighted by Crippen LogP contribution is -2.25. The Bertz CT molecular complexity index is 616. The summed E-state index contributed by atoms with van der Waals surface area (Å²) in [6.07, 6.45) is 0. The number of carbonyl (C=O) groups excluding carboxylic acids is 1. The summed E-state index contributed by atoms with van der Waals surface area (Å²) in [7, 11) is 1.69. The second-order valence-corrected chi connectivity index (χ2v) is 6.21. The summed E-state index contributed by atoms with van der Waals surface area (Å²) < 4.78 is 29.3. The van der Waals surface area contributed by atoms with Gasteiger partial charge in [-0.15, -0.1) is 11.3 Å². The minimum atomic E-state index is -2.87. The molecule has 3 nitrogen and oxygen atoms in total. The van der Waals surface area contributed by atoms with E-state index in [1.165, 1.54) is 24.3 Å². The fraction of sp³-hybridized carbons (Fsp3) is 0.214. The van der Waals surface area contributed by atoms with Crippen LogP contribution in [0.3, 0.4) is 0 Å². The molecule has 0 spiro atoms. The van der Waals surface area contributed by atoms with E-state index < -0.39 is 6.61 Å². The fourth-order valence-corrected chi connectivity index (χ4v) is 3.25. The highest BCUT2D eigenvalue weighted by Crippen LogP contribution is 2.22. The molecule has 0 aliphatic rings. The van der Waals surface area contributed by atoms with Gasteiger partial charge in [-0.2, -0.15) is 8.78 Å². The van der Waals surface area contributed by atoms with Crippen LogP contribution in [0.15, 0.2) is 40.2 Å². The van der Waals surface area contributed by atoms with Gasteiger partial charge in [-0.1, -0.05) is 0 Å². The minimum Gasteiger partial charge on any atom is -0.435 e. The van der Waals surface area contributed by atoms with Crippen LogP contribution in [0.5, 0.6) is 5.75 Å². The van der Waals surface area contributed by atoms with E-state index in [1.54, 1.807) is 23.3 Å². The molecule has 0 fully saturated rings. The summed E-state index contributed by atoms with van der Waals surface area (Å²) in [4.78, 5) is 14.8. The van der Waals surface area contributed by atoms with Crippen molar-refractivity contribution in [2.45, 2.75) is 13.2 Å². The van der Waals surface area contributed by atoms with Crippen molar-refractivity contribution in [2.24, 2.45) is 0 Å². The first kappa shape index (κ1) is 15.9. The SMILES string of the molecule is CN(Cc1cc(Br)cs1)C(=O)c1ccc(OC(F)F)cc1. The van der Waals surface area contributed by atoms with Crippen LogP contribution in [-0.2, 0) is 6.54 Å². The monoisotopic (exact) mass is 375 g/mol. The van der Waals surface area contributed by atoms with Crippen LogP contribution < -0.4 is 4.74 Å². The van der Waals surface area contributed by atoms with E-state index in [-0.39, 0.29) is 11.7 Å². The van der Waals surface area contributed by atoms with Gasteiger partial charge in [0.1, 0.15) is 5.75 Å². The predicted octanol–water partition coefficient (Wildman–Crippen LogP) is 4.38. The zero-order chi connectivity index (χ0) is 15.4. The quantitative estimate of drug-likeness (QED) is 0.775. The molecule has 0 radical (unpaired) electrons. The highest BCUT2D eigenvalue weighted by atomic mass is 79.9. The number of thiophene rings is 1. The third kappa shape index (κ3) is 4.50. The molecular weight excluding hydrogens is 364 g/mol. The standard InChI is InChI=1S/C14H12BrF2NO2S/c1-18(7-12-6-10(15)8-21-12)13(19)9-2-4-11(5-3-9)20-14(16)17/h2-6,8,14H,7H2,1H3. The van der Waals surface area contributed by atoms with Crippen molar-refractivity contribution in [1.29, 1.82) is 0 Å². The Morgan fingerprint density at radius 1 is 1.38 bits per heavy atom. The molecular formula is C14H12BrF2NO2S. The molecule has 0 aliphatic heterocycles. The van der Waals surface area contributed by atoms with Crippen LogP contribution in [0.2, 0.25) is 0 Å². The summed E-state index contributed by atoms with van der Waals surface area (Å²) in [6, 6.07) is 7.61.